The minimum Gasteiger partial charge on any atom is -0.444 e. The van der Waals surface area contributed by atoms with Crippen LogP contribution in [0.2, 0.25) is 0 Å². The van der Waals surface area contributed by atoms with Gasteiger partial charge in [-0.2, -0.15) is 10.5 Å². The molecule has 0 atom stereocenters. The van der Waals surface area contributed by atoms with E-state index in [2.05, 4.69) is 79.2 Å². The van der Waals surface area contributed by atoms with Crippen molar-refractivity contribution in [2.45, 2.75) is 92.6 Å². The Balaban J connectivity index is 0.000000260. The van der Waals surface area contributed by atoms with Crippen LogP contribution in [0.15, 0.2) is 24.3 Å². The van der Waals surface area contributed by atoms with E-state index in [4.69, 9.17) is 4.74 Å². The van der Waals surface area contributed by atoms with Gasteiger partial charge in [-0.1, -0.05) is 39.8 Å². The van der Waals surface area contributed by atoms with Crippen LogP contribution < -0.4 is 15.1 Å². The smallest absolute Gasteiger partial charge is 0.410 e. The molecule has 2 heterocycles. The summed E-state index contributed by atoms with van der Waals surface area (Å²) in [4.78, 5) is 18.6. The molecular weight excluding hydrogens is 620 g/mol. The van der Waals surface area contributed by atoms with E-state index in [-0.39, 0.29) is 18.5 Å². The second-order valence-corrected chi connectivity index (χ2v) is 15.3. The summed E-state index contributed by atoms with van der Waals surface area (Å²) in [7, 11) is 0. The zero-order valence-electron chi connectivity index (χ0n) is 30.5. The second kappa shape index (κ2) is 17.3. The number of amides is 1. The number of nitrogens with one attached hydrogen (secondary N) is 1. The largest absolute Gasteiger partial charge is 0.444 e. The number of rotatable bonds is 7. The lowest BCUT2D eigenvalue weighted by Gasteiger charge is -2.37. The molecule has 8 nitrogen and oxygen atoms in total. The van der Waals surface area contributed by atoms with E-state index in [1.54, 1.807) is 4.90 Å². The number of halogens is 1. The normalized spacial score (nSPS) is 16.5. The van der Waals surface area contributed by atoms with Crippen molar-refractivity contribution in [3.63, 3.8) is 0 Å². The third-order valence-corrected chi connectivity index (χ3v) is 8.84. The molecule has 262 valence electrons. The topological polar surface area (TPSA) is 95.6 Å². The molecule has 48 heavy (non-hydrogen) atoms. The Labute approximate surface area is 295 Å². The summed E-state index contributed by atoms with van der Waals surface area (Å²) < 4.78 is 5.46. The first-order valence-electron chi connectivity index (χ1n) is 17.6. The zero-order chi connectivity index (χ0) is 34.3. The number of piperazine rings is 2. The molecule has 2 aromatic carbocycles. The number of carbonyl (C=O) groups is 1. The highest BCUT2D eigenvalue weighted by Crippen LogP contribution is 2.44. The molecule has 0 unspecified atom stereocenters. The number of benzene rings is 2. The van der Waals surface area contributed by atoms with E-state index >= 15 is 0 Å². The molecular formula is C39H57ClN6O2. The molecule has 1 amide bonds. The van der Waals surface area contributed by atoms with Gasteiger partial charge in [0.2, 0.25) is 0 Å². The van der Waals surface area contributed by atoms with Gasteiger partial charge in [0.15, 0.2) is 0 Å². The molecule has 2 aromatic rings. The molecule has 1 N–H and O–H groups in total. The molecule has 0 aromatic heterocycles. The number of ether oxygens (including phenoxy) is 1. The number of nitrogens with zero attached hydrogens (tertiary/aromatic N) is 5. The number of carbonyl (C=O) groups excluding carboxylic acids is 1. The fraction of sp³-hybridized carbons (Fsp3) is 0.615. The Bertz CT molecular complexity index is 1470. The summed E-state index contributed by atoms with van der Waals surface area (Å²) in [5.74, 6) is 1.86. The third kappa shape index (κ3) is 10.8. The molecule has 3 fully saturated rings. The zero-order valence-corrected chi connectivity index (χ0v) is 31.3. The monoisotopic (exact) mass is 676 g/mol. The third-order valence-electron chi connectivity index (χ3n) is 8.84. The summed E-state index contributed by atoms with van der Waals surface area (Å²) in [6, 6.07) is 13.7. The number of aryl methyl sites for hydroxylation is 1. The molecule has 0 radical (unpaired) electrons. The number of hydrogen-bond donors (Lipinski definition) is 1. The van der Waals surface area contributed by atoms with Crippen LogP contribution in [0.1, 0.15) is 101 Å². The molecule has 5 rings (SSSR count). The van der Waals surface area contributed by atoms with Crippen molar-refractivity contribution >= 4 is 29.9 Å². The van der Waals surface area contributed by atoms with Crippen molar-refractivity contribution in [3.05, 3.63) is 57.6 Å². The van der Waals surface area contributed by atoms with Crippen LogP contribution in [0, 0.1) is 41.4 Å². The van der Waals surface area contributed by atoms with Crippen LogP contribution in [0.25, 0.3) is 0 Å². The summed E-state index contributed by atoms with van der Waals surface area (Å²) in [6.45, 7) is 23.2. The maximum atomic E-state index is 12.2. The van der Waals surface area contributed by atoms with Gasteiger partial charge in [-0.05, 0) is 106 Å². The molecule has 1 saturated carbocycles. The molecule has 1 aliphatic carbocycles. The minimum absolute atomic E-state index is 0. The number of anilines is 2. The predicted molar refractivity (Wildman–Crippen MR) is 198 cm³/mol. The summed E-state index contributed by atoms with van der Waals surface area (Å²) in [5.41, 5.74) is 8.37. The number of hydrogen-bond acceptors (Lipinski definition) is 7. The Hall–Kier alpha value is -3.46. The maximum absolute atomic E-state index is 12.2. The van der Waals surface area contributed by atoms with Crippen LogP contribution in [0.4, 0.5) is 16.2 Å². The van der Waals surface area contributed by atoms with Gasteiger partial charge in [0.1, 0.15) is 17.7 Å². The van der Waals surface area contributed by atoms with Crippen LogP contribution in [0.5, 0.6) is 0 Å². The van der Waals surface area contributed by atoms with Gasteiger partial charge < -0.3 is 24.8 Å². The molecule has 2 aliphatic heterocycles. The van der Waals surface area contributed by atoms with E-state index in [1.807, 2.05) is 27.7 Å². The lowest BCUT2D eigenvalue weighted by atomic mass is 9.94. The van der Waals surface area contributed by atoms with Crippen LogP contribution in [-0.2, 0) is 17.6 Å². The predicted octanol–water partition coefficient (Wildman–Crippen LogP) is 7.59. The molecule has 3 aliphatic rings. The van der Waals surface area contributed by atoms with Crippen molar-refractivity contribution in [2.75, 3.05) is 62.2 Å². The van der Waals surface area contributed by atoms with Crippen molar-refractivity contribution in [3.8, 4) is 12.1 Å². The highest BCUT2D eigenvalue weighted by molar-refractivity contribution is 5.85. The molecule has 0 spiro atoms. The van der Waals surface area contributed by atoms with Gasteiger partial charge >= 0.3 is 6.09 Å². The van der Waals surface area contributed by atoms with Crippen molar-refractivity contribution in [1.82, 2.24) is 10.2 Å². The molecule has 2 saturated heterocycles. The fourth-order valence-electron chi connectivity index (χ4n) is 6.57. The average Bonchev–Trinajstić information content (AvgIpc) is 3.86. The van der Waals surface area contributed by atoms with Gasteiger partial charge in [0.05, 0.1) is 22.5 Å². The van der Waals surface area contributed by atoms with E-state index in [0.717, 1.165) is 61.4 Å². The Kier molecular flexibility index (Phi) is 14.0. The first-order chi connectivity index (χ1) is 22.3. The van der Waals surface area contributed by atoms with E-state index in [9.17, 15) is 15.3 Å². The lowest BCUT2D eigenvalue weighted by molar-refractivity contribution is 0.0240. The highest BCUT2D eigenvalue weighted by atomic mass is 35.5. The van der Waals surface area contributed by atoms with Crippen molar-refractivity contribution in [1.29, 1.82) is 10.5 Å². The highest BCUT2D eigenvalue weighted by Gasteiger charge is 2.30. The lowest BCUT2D eigenvalue weighted by Crippen LogP contribution is -2.50. The van der Waals surface area contributed by atoms with E-state index < -0.39 is 5.60 Å². The van der Waals surface area contributed by atoms with Crippen molar-refractivity contribution in [2.24, 2.45) is 11.8 Å². The van der Waals surface area contributed by atoms with Gasteiger partial charge in [-0.3, -0.25) is 0 Å². The van der Waals surface area contributed by atoms with Crippen LogP contribution >= 0.6 is 12.4 Å². The fourth-order valence-corrected chi connectivity index (χ4v) is 6.57. The van der Waals surface area contributed by atoms with Gasteiger partial charge in [-0.15, -0.1) is 12.4 Å². The van der Waals surface area contributed by atoms with Crippen LogP contribution in [0.3, 0.4) is 0 Å². The summed E-state index contributed by atoms with van der Waals surface area (Å²) in [5, 5.41) is 22.7. The van der Waals surface area contributed by atoms with E-state index in [0.29, 0.717) is 43.9 Å². The van der Waals surface area contributed by atoms with Crippen LogP contribution in [-0.4, -0.2) is 69.0 Å². The van der Waals surface area contributed by atoms with Crippen molar-refractivity contribution < 1.29 is 9.53 Å². The van der Waals surface area contributed by atoms with E-state index in [1.165, 1.54) is 35.2 Å². The standard InChI is InChI=1S/C21H31N3O2.C18H25N3.ClH/c1-15(2)11-17-12-16(3)18(14-22)19(13-17)23-7-9-24(10-8-23)20(25)26-21(4,5)6;1-13(2)9-14-10-16(15-3-4-15)17(12-19)18(11-14)21-7-5-20-6-8-21;/h12-13,15H,7-11H2,1-6H3;10-11,13,15,20H,3-9H2,1-2H3;1H. The van der Waals surface area contributed by atoms with Gasteiger partial charge in [0.25, 0.3) is 0 Å². The summed E-state index contributed by atoms with van der Waals surface area (Å²) >= 11 is 0. The first-order valence-corrected chi connectivity index (χ1v) is 17.6. The molecule has 9 heteroatoms. The number of nitriles is 2. The quantitative estimate of drug-likeness (QED) is 0.323. The Morgan fingerprint density at radius 3 is 1.81 bits per heavy atom. The first kappa shape index (κ1) is 39.0. The molecule has 0 bridgehead atoms. The minimum atomic E-state index is -0.482. The maximum Gasteiger partial charge on any atom is 0.410 e. The average molecular weight is 677 g/mol. The Morgan fingerprint density at radius 2 is 1.33 bits per heavy atom. The second-order valence-electron chi connectivity index (χ2n) is 15.3. The van der Waals surface area contributed by atoms with Gasteiger partial charge in [-0.25, -0.2) is 4.79 Å². The Morgan fingerprint density at radius 1 is 0.833 bits per heavy atom. The summed E-state index contributed by atoms with van der Waals surface area (Å²) in [6.07, 6.45) is 4.34. The van der Waals surface area contributed by atoms with Gasteiger partial charge in [0, 0.05) is 52.4 Å². The SMILES string of the molecule is CC(C)Cc1cc(C2CC2)c(C#N)c(N2CCNCC2)c1.Cc1cc(CC(C)C)cc(N2CCN(C(=O)OC(C)(C)C)CC2)c1C#N.Cl.